The molecule has 0 aliphatic carbocycles. The van der Waals surface area contributed by atoms with Gasteiger partial charge in [-0.3, -0.25) is 9.36 Å². The summed E-state index contributed by atoms with van der Waals surface area (Å²) in [5.74, 6) is 0.459. The lowest BCUT2D eigenvalue weighted by Crippen LogP contribution is -2.25. The number of aryl methyl sites for hydroxylation is 2. The molecular formula is C21H21FN2OS. The molecule has 26 heavy (non-hydrogen) atoms. The predicted octanol–water partition coefficient (Wildman–Crippen LogP) is 4.42. The number of nitrogens with zero attached hydrogens (tertiary/aromatic N) is 2. The van der Waals surface area contributed by atoms with Crippen molar-refractivity contribution in [1.82, 2.24) is 9.55 Å². The fraction of sp³-hybridized carbons (Fsp3) is 0.238. The quantitative estimate of drug-likeness (QED) is 0.494. The van der Waals surface area contributed by atoms with Gasteiger partial charge in [-0.25, -0.2) is 9.37 Å². The third kappa shape index (κ3) is 4.22. The third-order valence-corrected chi connectivity index (χ3v) is 5.37. The Balaban J connectivity index is 1.84. The number of halogens is 1. The van der Waals surface area contributed by atoms with Gasteiger partial charge in [0.15, 0.2) is 5.16 Å². The maximum absolute atomic E-state index is 13.4. The van der Waals surface area contributed by atoms with Crippen molar-refractivity contribution in [3.05, 3.63) is 92.6 Å². The van der Waals surface area contributed by atoms with Crippen LogP contribution in [0.2, 0.25) is 0 Å². The fourth-order valence-electron chi connectivity index (χ4n) is 2.86. The molecule has 0 bridgehead atoms. The molecule has 0 unspecified atom stereocenters. The fourth-order valence-corrected chi connectivity index (χ4v) is 3.82. The second kappa shape index (κ2) is 7.87. The topological polar surface area (TPSA) is 34.9 Å². The van der Waals surface area contributed by atoms with Crippen molar-refractivity contribution < 1.29 is 4.39 Å². The highest BCUT2D eigenvalue weighted by Gasteiger charge is 2.13. The second-order valence-corrected chi connectivity index (χ2v) is 7.35. The van der Waals surface area contributed by atoms with Crippen molar-refractivity contribution in [1.29, 1.82) is 0 Å². The van der Waals surface area contributed by atoms with Crippen LogP contribution >= 0.6 is 11.8 Å². The first-order valence-electron chi connectivity index (χ1n) is 8.43. The van der Waals surface area contributed by atoms with Crippen LogP contribution in [0, 0.1) is 19.7 Å². The first kappa shape index (κ1) is 18.4. The number of hydrogen-bond donors (Lipinski definition) is 0. The normalized spacial score (nSPS) is 10.9. The molecule has 1 heterocycles. The van der Waals surface area contributed by atoms with Gasteiger partial charge < -0.3 is 0 Å². The highest BCUT2D eigenvalue weighted by Crippen LogP contribution is 2.21. The van der Waals surface area contributed by atoms with Gasteiger partial charge in [0, 0.05) is 30.5 Å². The smallest absolute Gasteiger partial charge is 0.257 e. The van der Waals surface area contributed by atoms with Gasteiger partial charge in [0.1, 0.15) is 5.82 Å². The molecular weight excluding hydrogens is 347 g/mol. The van der Waals surface area contributed by atoms with Gasteiger partial charge in [0.2, 0.25) is 0 Å². The summed E-state index contributed by atoms with van der Waals surface area (Å²) in [5.41, 5.74) is 4.42. The minimum absolute atomic E-state index is 0.0755. The van der Waals surface area contributed by atoms with Crippen molar-refractivity contribution in [2.24, 2.45) is 7.05 Å². The Morgan fingerprint density at radius 1 is 1.08 bits per heavy atom. The van der Waals surface area contributed by atoms with Gasteiger partial charge in [0.05, 0.1) is 0 Å². The van der Waals surface area contributed by atoms with Crippen molar-refractivity contribution in [3.63, 3.8) is 0 Å². The van der Waals surface area contributed by atoms with Gasteiger partial charge in [0.25, 0.3) is 5.56 Å². The maximum atomic E-state index is 13.4. The number of aromatic nitrogens is 2. The Bertz CT molecular complexity index is 998. The summed E-state index contributed by atoms with van der Waals surface area (Å²) in [6.45, 7) is 3.90. The van der Waals surface area contributed by atoms with E-state index in [-0.39, 0.29) is 11.4 Å². The van der Waals surface area contributed by atoms with E-state index in [0.717, 1.165) is 11.3 Å². The van der Waals surface area contributed by atoms with Gasteiger partial charge in [-0.2, -0.15) is 0 Å². The molecule has 3 aromatic rings. The van der Waals surface area contributed by atoms with Crippen LogP contribution in [0.4, 0.5) is 4.39 Å². The lowest BCUT2D eigenvalue weighted by atomic mass is 10.1. The molecule has 134 valence electrons. The molecule has 0 N–H and O–H groups in total. The molecule has 3 nitrogen and oxygen atoms in total. The van der Waals surface area contributed by atoms with E-state index in [9.17, 15) is 9.18 Å². The summed E-state index contributed by atoms with van der Waals surface area (Å²) in [6, 6.07) is 14.6. The van der Waals surface area contributed by atoms with E-state index in [1.807, 2.05) is 19.1 Å². The van der Waals surface area contributed by atoms with E-state index in [1.54, 1.807) is 29.4 Å². The van der Waals surface area contributed by atoms with Gasteiger partial charge in [-0.05, 0) is 37.1 Å². The molecule has 0 atom stereocenters. The van der Waals surface area contributed by atoms with Crippen LogP contribution in [0.1, 0.15) is 27.9 Å². The minimum Gasteiger partial charge on any atom is -0.291 e. The number of hydrogen-bond acceptors (Lipinski definition) is 3. The molecule has 0 aliphatic rings. The van der Waals surface area contributed by atoms with Crippen molar-refractivity contribution in [2.75, 3.05) is 0 Å². The van der Waals surface area contributed by atoms with Crippen LogP contribution < -0.4 is 5.56 Å². The molecule has 5 heteroatoms. The minimum atomic E-state index is -0.296. The standard InChI is InChI=1S/C21H21FN2OS/c1-14-6-4-8-17(10-14)13-26-21-23-15(2)19(20(25)24(21)3)12-16-7-5-9-18(22)11-16/h4-11H,12-13H2,1-3H3. The van der Waals surface area contributed by atoms with E-state index in [2.05, 4.69) is 30.1 Å². The summed E-state index contributed by atoms with van der Waals surface area (Å²) < 4.78 is 15.0. The van der Waals surface area contributed by atoms with Crippen molar-refractivity contribution in [2.45, 2.75) is 31.2 Å². The van der Waals surface area contributed by atoms with E-state index < -0.39 is 0 Å². The second-order valence-electron chi connectivity index (χ2n) is 6.41. The van der Waals surface area contributed by atoms with E-state index >= 15 is 0 Å². The molecule has 0 saturated carbocycles. The highest BCUT2D eigenvalue weighted by molar-refractivity contribution is 7.98. The number of benzene rings is 2. The molecule has 0 amide bonds. The van der Waals surface area contributed by atoms with Crippen LogP contribution in [-0.4, -0.2) is 9.55 Å². The zero-order valence-electron chi connectivity index (χ0n) is 15.1. The molecule has 0 spiro atoms. The Hall–Kier alpha value is -2.40. The number of thioether (sulfide) groups is 1. The van der Waals surface area contributed by atoms with Crippen LogP contribution in [0.25, 0.3) is 0 Å². The summed E-state index contributed by atoms with van der Waals surface area (Å²) in [4.78, 5) is 17.4. The van der Waals surface area contributed by atoms with Crippen LogP contribution in [0.5, 0.6) is 0 Å². The Morgan fingerprint density at radius 2 is 1.81 bits per heavy atom. The van der Waals surface area contributed by atoms with Crippen LogP contribution in [-0.2, 0) is 19.2 Å². The monoisotopic (exact) mass is 368 g/mol. The molecule has 1 aromatic heterocycles. The SMILES string of the molecule is Cc1cccc(CSc2nc(C)c(Cc3cccc(F)c3)c(=O)n2C)c1. The average Bonchev–Trinajstić information content (AvgIpc) is 2.61. The van der Waals surface area contributed by atoms with E-state index in [1.165, 1.54) is 23.3 Å². The Morgan fingerprint density at radius 3 is 2.54 bits per heavy atom. The van der Waals surface area contributed by atoms with Gasteiger partial charge in [-0.15, -0.1) is 0 Å². The molecule has 0 radical (unpaired) electrons. The third-order valence-electron chi connectivity index (χ3n) is 4.27. The molecule has 2 aromatic carbocycles. The molecule has 0 aliphatic heterocycles. The zero-order chi connectivity index (χ0) is 18.7. The van der Waals surface area contributed by atoms with Crippen LogP contribution in [0.3, 0.4) is 0 Å². The summed E-state index contributed by atoms with van der Waals surface area (Å²) in [6.07, 6.45) is 0.381. The van der Waals surface area contributed by atoms with E-state index in [4.69, 9.17) is 0 Å². The molecule has 0 fully saturated rings. The van der Waals surface area contributed by atoms with Crippen molar-refractivity contribution >= 4 is 11.8 Å². The lowest BCUT2D eigenvalue weighted by Gasteiger charge is -2.12. The highest BCUT2D eigenvalue weighted by atomic mass is 32.2. The Kier molecular flexibility index (Phi) is 5.57. The summed E-state index contributed by atoms with van der Waals surface area (Å²) >= 11 is 1.55. The zero-order valence-corrected chi connectivity index (χ0v) is 15.9. The first-order valence-corrected chi connectivity index (χ1v) is 9.42. The predicted molar refractivity (Wildman–Crippen MR) is 104 cm³/mol. The Labute approximate surface area is 156 Å². The summed E-state index contributed by atoms with van der Waals surface area (Å²) in [7, 11) is 1.74. The van der Waals surface area contributed by atoms with Crippen LogP contribution in [0.15, 0.2) is 58.5 Å². The number of rotatable bonds is 5. The largest absolute Gasteiger partial charge is 0.291 e. The van der Waals surface area contributed by atoms with E-state index in [0.29, 0.717) is 22.8 Å². The molecule has 0 saturated heterocycles. The van der Waals surface area contributed by atoms with Gasteiger partial charge >= 0.3 is 0 Å². The first-order chi connectivity index (χ1) is 12.4. The van der Waals surface area contributed by atoms with Gasteiger partial charge in [-0.1, -0.05) is 53.7 Å². The summed E-state index contributed by atoms with van der Waals surface area (Å²) in [5, 5.41) is 0.692. The average molecular weight is 368 g/mol. The molecule has 3 rings (SSSR count). The maximum Gasteiger partial charge on any atom is 0.257 e. The van der Waals surface area contributed by atoms with Crippen molar-refractivity contribution in [3.8, 4) is 0 Å². The lowest BCUT2D eigenvalue weighted by molar-refractivity contribution is 0.625.